The number of aromatic nitrogens is 1. The number of benzene rings is 6. The average Bonchev–Trinajstić information content (AvgIpc) is 3.74. The summed E-state index contributed by atoms with van der Waals surface area (Å²) in [5.41, 5.74) is 11.1. The standard InChI is InChI=1S/C40H27BN2SSi/c1-45(2)34-21-11-19-32-37(34)41(36-27-15-7-9-20-33(27)44-40(36)42(32)24-12-4-3-5-13-24)29-22-23-31-35(39(29)45)28-17-10-16-26-25-14-6-8-18-30(25)43(31)38(26)28/h3-23H,1-2H3. The minimum atomic E-state index is -2.18. The van der Waals surface area contributed by atoms with Gasteiger partial charge in [-0.1, -0.05) is 115 Å². The predicted octanol–water partition coefficient (Wildman–Crippen LogP) is 7.49. The van der Waals surface area contributed by atoms with Gasteiger partial charge in [0.05, 0.1) is 21.6 Å². The van der Waals surface area contributed by atoms with Gasteiger partial charge in [0.2, 0.25) is 6.71 Å². The Balaban J connectivity index is 1.32. The molecule has 5 heteroatoms. The van der Waals surface area contributed by atoms with Crippen molar-refractivity contribution in [1.82, 2.24) is 4.40 Å². The Morgan fingerprint density at radius 2 is 1.33 bits per heavy atom. The molecule has 210 valence electrons. The van der Waals surface area contributed by atoms with Crippen molar-refractivity contribution >= 4 is 117 Å². The van der Waals surface area contributed by atoms with E-state index in [2.05, 4.69) is 150 Å². The van der Waals surface area contributed by atoms with Gasteiger partial charge in [-0.3, -0.25) is 0 Å². The first-order valence-corrected chi connectivity index (χ1v) is 19.6. The lowest BCUT2D eigenvalue weighted by Crippen LogP contribution is -2.78. The number of fused-ring (bicyclic) bond motifs is 13. The number of hydrogen-bond donors (Lipinski definition) is 0. The van der Waals surface area contributed by atoms with Crippen LogP contribution < -0.4 is 31.7 Å². The fourth-order valence-corrected chi connectivity index (χ4v) is 13.9. The molecule has 2 aliphatic rings. The maximum atomic E-state index is 2.60. The fraction of sp³-hybridized carbons (Fsp3) is 0.0500. The van der Waals surface area contributed by atoms with E-state index >= 15 is 0 Å². The molecule has 2 aliphatic heterocycles. The topological polar surface area (TPSA) is 7.65 Å². The number of thiophene rings is 1. The molecule has 0 aliphatic carbocycles. The molecule has 2 nitrogen and oxygen atoms in total. The van der Waals surface area contributed by atoms with Crippen molar-refractivity contribution in [3.05, 3.63) is 127 Å². The first-order chi connectivity index (χ1) is 22.1. The SMILES string of the molecule is C[Si]1(C)c2cccc3c2B(c2ccc4c(c21)c1cccc2c5ccccc5n4c21)c1c(sc2ccccc12)N3c1ccccc1. The number of para-hydroxylation sites is 3. The van der Waals surface area contributed by atoms with E-state index in [1.807, 2.05) is 11.3 Å². The van der Waals surface area contributed by atoms with E-state index in [1.165, 1.54) is 80.9 Å². The van der Waals surface area contributed by atoms with Crippen LogP contribution in [0.15, 0.2) is 127 Å². The second-order valence-corrected chi connectivity index (χ2v) is 18.6. The molecule has 0 atom stereocenters. The molecule has 0 spiro atoms. The van der Waals surface area contributed by atoms with Crippen LogP contribution in [0, 0.1) is 0 Å². The summed E-state index contributed by atoms with van der Waals surface area (Å²) in [4.78, 5) is 2.55. The van der Waals surface area contributed by atoms with Gasteiger partial charge in [-0.15, -0.1) is 11.3 Å². The van der Waals surface area contributed by atoms with E-state index in [4.69, 9.17) is 0 Å². The zero-order chi connectivity index (χ0) is 29.6. The number of rotatable bonds is 1. The van der Waals surface area contributed by atoms with Crippen molar-refractivity contribution in [2.75, 3.05) is 4.90 Å². The van der Waals surface area contributed by atoms with Crippen LogP contribution in [0.1, 0.15) is 0 Å². The van der Waals surface area contributed by atoms with Gasteiger partial charge in [-0.25, -0.2) is 0 Å². The molecule has 0 radical (unpaired) electrons. The van der Waals surface area contributed by atoms with E-state index < -0.39 is 8.07 Å². The average molecular weight is 607 g/mol. The van der Waals surface area contributed by atoms with Gasteiger partial charge < -0.3 is 9.30 Å². The highest BCUT2D eigenvalue weighted by molar-refractivity contribution is 7.27. The van der Waals surface area contributed by atoms with Crippen LogP contribution in [-0.4, -0.2) is 19.2 Å². The molecule has 5 heterocycles. The molecule has 3 aromatic heterocycles. The van der Waals surface area contributed by atoms with Crippen molar-refractivity contribution in [2.45, 2.75) is 13.1 Å². The monoisotopic (exact) mass is 606 g/mol. The largest absolute Gasteiger partial charge is 0.308 e. The van der Waals surface area contributed by atoms with Crippen LogP contribution in [0.4, 0.5) is 16.4 Å². The number of anilines is 3. The Bertz CT molecular complexity index is 2700. The van der Waals surface area contributed by atoms with Gasteiger partial charge >= 0.3 is 0 Å². The summed E-state index contributed by atoms with van der Waals surface area (Å²) in [6.07, 6.45) is 0. The quantitative estimate of drug-likeness (QED) is 0.176. The van der Waals surface area contributed by atoms with Gasteiger partial charge in [0.15, 0.2) is 0 Å². The molecular weight excluding hydrogens is 579 g/mol. The number of nitrogens with zero attached hydrogens (tertiary/aromatic N) is 2. The second-order valence-electron chi connectivity index (χ2n) is 13.3. The van der Waals surface area contributed by atoms with Gasteiger partial charge in [0, 0.05) is 37.6 Å². The Morgan fingerprint density at radius 1 is 0.600 bits per heavy atom. The maximum Gasteiger partial charge on any atom is 0.248 e. The highest BCUT2D eigenvalue weighted by Gasteiger charge is 2.49. The third kappa shape index (κ3) is 2.83. The summed E-state index contributed by atoms with van der Waals surface area (Å²) in [6.45, 7) is 5.38. The maximum absolute atomic E-state index is 2.60. The van der Waals surface area contributed by atoms with Crippen LogP contribution in [0.25, 0.3) is 48.2 Å². The van der Waals surface area contributed by atoms with Gasteiger partial charge in [0.1, 0.15) is 8.07 Å². The van der Waals surface area contributed by atoms with Crippen LogP contribution >= 0.6 is 11.3 Å². The first-order valence-electron chi connectivity index (χ1n) is 15.8. The normalized spacial score (nSPS) is 15.0. The Labute approximate surface area is 266 Å². The molecule has 6 aromatic carbocycles. The summed E-state index contributed by atoms with van der Waals surface area (Å²) >= 11 is 1.94. The Hall–Kier alpha value is -4.84. The molecule has 0 saturated heterocycles. The summed E-state index contributed by atoms with van der Waals surface area (Å²) in [7, 11) is -2.18. The molecule has 0 amide bonds. The van der Waals surface area contributed by atoms with Crippen molar-refractivity contribution in [2.24, 2.45) is 0 Å². The lowest BCUT2D eigenvalue weighted by molar-refractivity contribution is 1.33. The van der Waals surface area contributed by atoms with Crippen molar-refractivity contribution < 1.29 is 0 Å². The summed E-state index contributed by atoms with van der Waals surface area (Å²) in [5.74, 6) is 0. The van der Waals surface area contributed by atoms with E-state index in [0.29, 0.717) is 0 Å². The Kier molecular flexibility index (Phi) is 4.49. The lowest BCUT2D eigenvalue weighted by Gasteiger charge is -2.44. The smallest absolute Gasteiger partial charge is 0.248 e. The Morgan fingerprint density at radius 3 is 2.22 bits per heavy atom. The summed E-state index contributed by atoms with van der Waals surface area (Å²) in [6, 6.07) is 48.0. The second kappa shape index (κ2) is 8.25. The molecule has 0 N–H and O–H groups in total. The zero-order valence-electron chi connectivity index (χ0n) is 25.0. The van der Waals surface area contributed by atoms with Crippen LogP contribution in [-0.2, 0) is 0 Å². The van der Waals surface area contributed by atoms with Crippen molar-refractivity contribution in [1.29, 1.82) is 0 Å². The number of hydrogen-bond acceptors (Lipinski definition) is 2. The van der Waals surface area contributed by atoms with Crippen LogP contribution in [0.2, 0.25) is 13.1 Å². The molecule has 0 bridgehead atoms. The molecule has 0 fully saturated rings. The molecule has 0 saturated carbocycles. The minimum Gasteiger partial charge on any atom is -0.308 e. The molecule has 0 unspecified atom stereocenters. The molecule has 45 heavy (non-hydrogen) atoms. The van der Waals surface area contributed by atoms with Gasteiger partial charge in [-0.2, -0.15) is 0 Å². The molecular formula is C40H27BN2SSi. The predicted molar refractivity (Wildman–Crippen MR) is 199 cm³/mol. The highest BCUT2D eigenvalue weighted by atomic mass is 32.1. The lowest BCUT2D eigenvalue weighted by atomic mass is 9.35. The first kappa shape index (κ1) is 24.5. The van der Waals surface area contributed by atoms with Crippen molar-refractivity contribution in [3.8, 4) is 0 Å². The molecule has 11 rings (SSSR count). The third-order valence-corrected chi connectivity index (χ3v) is 15.5. The summed E-state index contributed by atoms with van der Waals surface area (Å²) in [5, 5.41) is 11.5. The van der Waals surface area contributed by atoms with E-state index in [-0.39, 0.29) is 6.71 Å². The zero-order valence-corrected chi connectivity index (χ0v) is 26.8. The third-order valence-electron chi connectivity index (χ3n) is 10.8. The van der Waals surface area contributed by atoms with Crippen molar-refractivity contribution in [3.63, 3.8) is 0 Å². The van der Waals surface area contributed by atoms with E-state index in [1.54, 1.807) is 10.4 Å². The van der Waals surface area contributed by atoms with Gasteiger partial charge in [0.25, 0.3) is 0 Å². The van der Waals surface area contributed by atoms with E-state index in [9.17, 15) is 0 Å². The minimum absolute atomic E-state index is 0.194. The fourth-order valence-electron chi connectivity index (χ4n) is 9.08. The molecule has 9 aromatic rings. The van der Waals surface area contributed by atoms with Gasteiger partial charge in [-0.05, 0) is 57.9 Å². The van der Waals surface area contributed by atoms with E-state index in [0.717, 1.165) is 0 Å². The van der Waals surface area contributed by atoms with Crippen LogP contribution in [0.5, 0.6) is 0 Å². The van der Waals surface area contributed by atoms with Crippen LogP contribution in [0.3, 0.4) is 0 Å². The summed E-state index contributed by atoms with van der Waals surface area (Å²) < 4.78 is 3.91. The highest BCUT2D eigenvalue weighted by Crippen LogP contribution is 2.44.